The Kier molecular flexibility index (Phi) is 6.21. The van der Waals surface area contributed by atoms with Gasteiger partial charge in [0.15, 0.2) is 6.10 Å². The molecule has 0 fully saturated rings. The van der Waals surface area contributed by atoms with Crippen molar-refractivity contribution >= 4 is 5.91 Å². The molecule has 2 aromatic rings. The van der Waals surface area contributed by atoms with Crippen LogP contribution in [0.4, 0.5) is 0 Å². The summed E-state index contributed by atoms with van der Waals surface area (Å²) in [7, 11) is 0. The van der Waals surface area contributed by atoms with E-state index in [0.29, 0.717) is 6.42 Å². The zero-order valence-electron chi connectivity index (χ0n) is 14.1. The van der Waals surface area contributed by atoms with Gasteiger partial charge in [-0.15, -0.1) is 0 Å². The first-order chi connectivity index (χ1) is 11.1. The number of aryl methyl sites for hydroxylation is 1. The lowest BCUT2D eigenvalue weighted by molar-refractivity contribution is -0.128. The number of hydrogen-bond donors (Lipinski definition) is 1. The second-order valence-corrected chi connectivity index (χ2v) is 5.65. The Morgan fingerprint density at radius 3 is 2.26 bits per heavy atom. The molecular formula is C20H25NO2. The minimum absolute atomic E-state index is 0.0381. The Hall–Kier alpha value is -2.29. The summed E-state index contributed by atoms with van der Waals surface area (Å²) < 4.78 is 5.85. The Morgan fingerprint density at radius 2 is 1.70 bits per heavy atom. The van der Waals surface area contributed by atoms with Gasteiger partial charge in [0.25, 0.3) is 5.91 Å². The lowest BCUT2D eigenvalue weighted by Gasteiger charge is -2.21. The van der Waals surface area contributed by atoms with Gasteiger partial charge in [0.2, 0.25) is 0 Å². The number of hydrogen-bond acceptors (Lipinski definition) is 2. The predicted molar refractivity (Wildman–Crippen MR) is 93.5 cm³/mol. The summed E-state index contributed by atoms with van der Waals surface area (Å²) in [6, 6.07) is 17.8. The van der Waals surface area contributed by atoms with Crippen molar-refractivity contribution in [2.45, 2.75) is 45.8 Å². The fourth-order valence-corrected chi connectivity index (χ4v) is 2.42. The first kappa shape index (κ1) is 17.1. The van der Waals surface area contributed by atoms with E-state index in [2.05, 4.69) is 12.2 Å². The third kappa shape index (κ3) is 4.85. The topological polar surface area (TPSA) is 38.3 Å². The van der Waals surface area contributed by atoms with Gasteiger partial charge in [-0.25, -0.2) is 0 Å². The first-order valence-corrected chi connectivity index (χ1v) is 8.25. The van der Waals surface area contributed by atoms with Crippen LogP contribution in [-0.4, -0.2) is 12.0 Å². The van der Waals surface area contributed by atoms with Crippen LogP contribution in [0.3, 0.4) is 0 Å². The summed E-state index contributed by atoms with van der Waals surface area (Å²) in [5, 5.41) is 3.03. The molecule has 0 unspecified atom stereocenters. The summed E-state index contributed by atoms with van der Waals surface area (Å²) in [4.78, 5) is 12.4. The van der Waals surface area contributed by atoms with E-state index in [9.17, 15) is 4.79 Å². The molecule has 2 atom stereocenters. The van der Waals surface area contributed by atoms with Gasteiger partial charge in [-0.3, -0.25) is 4.79 Å². The van der Waals surface area contributed by atoms with Crippen LogP contribution in [-0.2, 0) is 11.2 Å². The summed E-state index contributed by atoms with van der Waals surface area (Å²) in [5.41, 5.74) is 2.34. The zero-order chi connectivity index (χ0) is 16.7. The van der Waals surface area contributed by atoms with Gasteiger partial charge in [-0.1, -0.05) is 56.3 Å². The number of amides is 1. The molecule has 2 aromatic carbocycles. The van der Waals surface area contributed by atoms with Gasteiger partial charge in [-0.05, 0) is 43.0 Å². The molecule has 2 rings (SSSR count). The van der Waals surface area contributed by atoms with Crippen LogP contribution in [0.1, 0.15) is 44.4 Å². The molecule has 1 N–H and O–H groups in total. The van der Waals surface area contributed by atoms with Crippen molar-refractivity contribution in [1.82, 2.24) is 5.32 Å². The molecule has 0 spiro atoms. The molecule has 0 radical (unpaired) electrons. The SMILES string of the molecule is CCc1ccc(O[C@H](CC)C(=O)N[C@@H](C)c2ccccc2)cc1. The predicted octanol–water partition coefficient (Wildman–Crippen LogP) is 4.28. The highest BCUT2D eigenvalue weighted by Crippen LogP contribution is 2.17. The monoisotopic (exact) mass is 311 g/mol. The molecule has 1 amide bonds. The average Bonchev–Trinajstić information content (AvgIpc) is 2.60. The van der Waals surface area contributed by atoms with Crippen LogP contribution in [0, 0.1) is 0 Å². The summed E-state index contributed by atoms with van der Waals surface area (Å²) in [6.07, 6.45) is 1.14. The normalized spacial score (nSPS) is 13.2. The standard InChI is InChI=1S/C20H25NO2/c1-4-16-11-13-18(14-12-16)23-19(5-2)20(22)21-15(3)17-9-7-6-8-10-17/h6-15,19H,4-5H2,1-3H3,(H,21,22)/t15-,19+/m0/s1. The Bertz CT molecular complexity index is 607. The minimum atomic E-state index is -0.478. The van der Waals surface area contributed by atoms with E-state index in [1.807, 2.05) is 68.4 Å². The number of benzene rings is 2. The van der Waals surface area contributed by atoms with Crippen molar-refractivity contribution in [3.63, 3.8) is 0 Å². The molecule has 0 saturated heterocycles. The van der Waals surface area contributed by atoms with Gasteiger partial charge >= 0.3 is 0 Å². The number of carbonyl (C=O) groups excluding carboxylic acids is 1. The van der Waals surface area contributed by atoms with Crippen molar-refractivity contribution in [2.75, 3.05) is 0 Å². The molecule has 0 saturated carbocycles. The van der Waals surface area contributed by atoms with Gasteiger partial charge < -0.3 is 10.1 Å². The maximum Gasteiger partial charge on any atom is 0.261 e. The van der Waals surface area contributed by atoms with E-state index in [0.717, 1.165) is 17.7 Å². The molecule has 0 aliphatic rings. The van der Waals surface area contributed by atoms with Gasteiger partial charge in [0.1, 0.15) is 5.75 Å². The lowest BCUT2D eigenvalue weighted by Crippen LogP contribution is -2.39. The smallest absolute Gasteiger partial charge is 0.261 e. The van der Waals surface area contributed by atoms with Crippen LogP contribution >= 0.6 is 0 Å². The summed E-state index contributed by atoms with van der Waals surface area (Å²) in [5.74, 6) is 0.653. The number of rotatable bonds is 7. The third-order valence-electron chi connectivity index (χ3n) is 3.93. The van der Waals surface area contributed by atoms with E-state index < -0.39 is 6.10 Å². The third-order valence-corrected chi connectivity index (χ3v) is 3.93. The average molecular weight is 311 g/mol. The molecule has 0 heterocycles. The Morgan fingerprint density at radius 1 is 1.04 bits per heavy atom. The molecule has 0 aliphatic heterocycles. The van der Waals surface area contributed by atoms with E-state index in [-0.39, 0.29) is 11.9 Å². The fraction of sp³-hybridized carbons (Fsp3) is 0.350. The van der Waals surface area contributed by atoms with Crippen molar-refractivity contribution in [3.05, 3.63) is 65.7 Å². The maximum atomic E-state index is 12.4. The maximum absolute atomic E-state index is 12.4. The van der Waals surface area contributed by atoms with E-state index >= 15 is 0 Å². The summed E-state index contributed by atoms with van der Waals surface area (Å²) in [6.45, 7) is 6.05. The minimum Gasteiger partial charge on any atom is -0.481 e. The van der Waals surface area contributed by atoms with Crippen LogP contribution in [0.5, 0.6) is 5.75 Å². The number of carbonyl (C=O) groups is 1. The van der Waals surface area contributed by atoms with Crippen molar-refractivity contribution in [2.24, 2.45) is 0 Å². The van der Waals surface area contributed by atoms with Crippen molar-refractivity contribution in [1.29, 1.82) is 0 Å². The van der Waals surface area contributed by atoms with Gasteiger partial charge in [0.05, 0.1) is 6.04 Å². The largest absolute Gasteiger partial charge is 0.481 e. The number of ether oxygens (including phenoxy) is 1. The molecule has 0 bridgehead atoms. The van der Waals surface area contributed by atoms with Crippen LogP contribution in [0.15, 0.2) is 54.6 Å². The first-order valence-electron chi connectivity index (χ1n) is 8.25. The van der Waals surface area contributed by atoms with Gasteiger partial charge in [0, 0.05) is 0 Å². The molecular weight excluding hydrogens is 286 g/mol. The van der Waals surface area contributed by atoms with Gasteiger partial charge in [-0.2, -0.15) is 0 Å². The zero-order valence-corrected chi connectivity index (χ0v) is 14.1. The molecule has 23 heavy (non-hydrogen) atoms. The highest BCUT2D eigenvalue weighted by molar-refractivity contribution is 5.81. The molecule has 0 aliphatic carbocycles. The highest BCUT2D eigenvalue weighted by atomic mass is 16.5. The second-order valence-electron chi connectivity index (χ2n) is 5.65. The molecule has 0 aromatic heterocycles. The molecule has 122 valence electrons. The Labute approximate surface area is 138 Å². The second kappa shape index (κ2) is 8.37. The Balaban J connectivity index is 1.97. The lowest BCUT2D eigenvalue weighted by atomic mass is 10.1. The van der Waals surface area contributed by atoms with Crippen LogP contribution in [0.2, 0.25) is 0 Å². The quantitative estimate of drug-likeness (QED) is 0.828. The van der Waals surface area contributed by atoms with Crippen LogP contribution < -0.4 is 10.1 Å². The number of nitrogens with one attached hydrogen (secondary N) is 1. The highest BCUT2D eigenvalue weighted by Gasteiger charge is 2.20. The van der Waals surface area contributed by atoms with E-state index in [1.54, 1.807) is 0 Å². The van der Waals surface area contributed by atoms with Crippen molar-refractivity contribution in [3.8, 4) is 5.75 Å². The van der Waals surface area contributed by atoms with E-state index in [4.69, 9.17) is 4.74 Å². The van der Waals surface area contributed by atoms with Crippen LogP contribution in [0.25, 0.3) is 0 Å². The molecule has 3 nitrogen and oxygen atoms in total. The summed E-state index contributed by atoms with van der Waals surface area (Å²) >= 11 is 0. The van der Waals surface area contributed by atoms with E-state index in [1.165, 1.54) is 5.56 Å². The fourth-order valence-electron chi connectivity index (χ4n) is 2.42. The van der Waals surface area contributed by atoms with Crippen molar-refractivity contribution < 1.29 is 9.53 Å². The molecule has 3 heteroatoms.